The van der Waals surface area contributed by atoms with Gasteiger partial charge in [-0.3, -0.25) is 9.59 Å². The molecule has 0 bridgehead atoms. The van der Waals surface area contributed by atoms with E-state index in [0.29, 0.717) is 13.1 Å². The monoisotopic (exact) mass is 345 g/mol. The molecule has 0 aromatic heterocycles. The van der Waals surface area contributed by atoms with Crippen LogP contribution in [0.25, 0.3) is 0 Å². The van der Waals surface area contributed by atoms with Crippen LogP contribution in [0.2, 0.25) is 0 Å². The van der Waals surface area contributed by atoms with Crippen LogP contribution in [0.4, 0.5) is 5.69 Å². The summed E-state index contributed by atoms with van der Waals surface area (Å²) >= 11 is 0. The van der Waals surface area contributed by atoms with Crippen molar-refractivity contribution in [3.63, 3.8) is 0 Å². The molecule has 2 fully saturated rings. The van der Waals surface area contributed by atoms with Crippen LogP contribution in [0.5, 0.6) is 5.75 Å². The predicted molar refractivity (Wildman–Crippen MR) is 96.7 cm³/mol. The second kappa shape index (κ2) is 6.94. The van der Waals surface area contributed by atoms with Gasteiger partial charge in [-0.1, -0.05) is 12.1 Å². The Kier molecular flexibility index (Phi) is 4.88. The number of nitrogens with zero attached hydrogens (tertiary/aromatic N) is 2. The molecule has 6 heteroatoms. The van der Waals surface area contributed by atoms with E-state index >= 15 is 0 Å². The van der Waals surface area contributed by atoms with Crippen LogP contribution in [-0.4, -0.2) is 56.0 Å². The smallest absolute Gasteiger partial charge is 0.237 e. The first-order valence-electron chi connectivity index (χ1n) is 8.92. The Balaban J connectivity index is 1.61. The van der Waals surface area contributed by atoms with Crippen molar-refractivity contribution in [1.82, 2.24) is 10.2 Å². The molecular weight excluding hydrogens is 318 g/mol. The van der Waals surface area contributed by atoms with Crippen molar-refractivity contribution in [2.24, 2.45) is 5.41 Å². The molecule has 1 N–H and O–H groups in total. The topological polar surface area (TPSA) is 61.9 Å². The van der Waals surface area contributed by atoms with Crippen molar-refractivity contribution in [3.8, 4) is 5.75 Å². The lowest BCUT2D eigenvalue weighted by atomic mass is 9.90. The summed E-state index contributed by atoms with van der Waals surface area (Å²) in [7, 11) is 1.67. The van der Waals surface area contributed by atoms with E-state index in [2.05, 4.69) is 10.2 Å². The molecule has 2 amide bonds. The summed E-state index contributed by atoms with van der Waals surface area (Å²) in [6.07, 6.45) is 2.04. The molecule has 6 nitrogen and oxygen atoms in total. The fourth-order valence-electron chi connectivity index (χ4n) is 3.13. The zero-order valence-electron chi connectivity index (χ0n) is 15.2. The summed E-state index contributed by atoms with van der Waals surface area (Å²) in [6, 6.07) is 8.17. The lowest BCUT2D eigenvalue weighted by Crippen LogP contribution is -2.55. The molecule has 1 aliphatic heterocycles. The number of methoxy groups -OCH3 is 1. The number of benzene rings is 1. The second-order valence-electron chi connectivity index (χ2n) is 7.32. The molecule has 0 radical (unpaired) electrons. The highest BCUT2D eigenvalue weighted by Gasteiger charge is 2.41. The van der Waals surface area contributed by atoms with E-state index in [1.54, 1.807) is 25.9 Å². The van der Waals surface area contributed by atoms with Gasteiger partial charge < -0.3 is 19.9 Å². The maximum absolute atomic E-state index is 12.9. The van der Waals surface area contributed by atoms with Gasteiger partial charge in [0.2, 0.25) is 11.8 Å². The third kappa shape index (κ3) is 3.72. The Labute approximate surface area is 149 Å². The highest BCUT2D eigenvalue weighted by molar-refractivity contribution is 6.04. The van der Waals surface area contributed by atoms with Gasteiger partial charge in [0.05, 0.1) is 12.8 Å². The van der Waals surface area contributed by atoms with Crippen molar-refractivity contribution in [1.29, 1.82) is 0 Å². The van der Waals surface area contributed by atoms with Crippen molar-refractivity contribution in [3.05, 3.63) is 24.3 Å². The maximum Gasteiger partial charge on any atom is 0.237 e. The second-order valence-corrected chi connectivity index (χ2v) is 7.32. The summed E-state index contributed by atoms with van der Waals surface area (Å²) in [4.78, 5) is 29.3. The Morgan fingerprint density at radius 2 is 1.76 bits per heavy atom. The summed E-state index contributed by atoms with van der Waals surface area (Å²) in [5, 5.41) is 2.95. The maximum atomic E-state index is 12.9. The van der Waals surface area contributed by atoms with Crippen molar-refractivity contribution in [2.45, 2.75) is 32.7 Å². The van der Waals surface area contributed by atoms with E-state index in [0.717, 1.165) is 37.4 Å². The minimum Gasteiger partial charge on any atom is -0.495 e. The third-order valence-electron chi connectivity index (χ3n) is 5.01. The summed E-state index contributed by atoms with van der Waals surface area (Å²) < 4.78 is 5.43. The molecule has 1 heterocycles. The summed E-state index contributed by atoms with van der Waals surface area (Å²) in [5.41, 5.74) is 0.0256. The number of nitrogens with one attached hydrogen (secondary N) is 1. The summed E-state index contributed by atoms with van der Waals surface area (Å²) in [6.45, 7) is 6.12. The average molecular weight is 345 g/mol. The molecule has 0 spiro atoms. The van der Waals surface area contributed by atoms with Crippen LogP contribution in [0.15, 0.2) is 24.3 Å². The van der Waals surface area contributed by atoms with Crippen LogP contribution in [0.3, 0.4) is 0 Å². The Hall–Kier alpha value is -2.24. The Morgan fingerprint density at radius 1 is 1.12 bits per heavy atom. The number of amides is 2. The molecule has 2 aliphatic rings. The first kappa shape index (κ1) is 17.6. The number of rotatable bonds is 5. The molecular formula is C19H27N3O3. The predicted octanol–water partition coefficient (Wildman–Crippen LogP) is 1.65. The van der Waals surface area contributed by atoms with Gasteiger partial charge in [-0.2, -0.15) is 0 Å². The number of carbonyl (C=O) groups excluding carboxylic acids is 2. The minimum atomic E-state index is -1.02. The van der Waals surface area contributed by atoms with Crippen LogP contribution in [0.1, 0.15) is 26.7 Å². The van der Waals surface area contributed by atoms with Crippen LogP contribution < -0.4 is 15.0 Å². The highest BCUT2D eigenvalue weighted by Crippen LogP contribution is 2.29. The Morgan fingerprint density at radius 3 is 2.36 bits per heavy atom. The van der Waals surface area contributed by atoms with E-state index in [9.17, 15) is 9.59 Å². The van der Waals surface area contributed by atoms with Gasteiger partial charge >= 0.3 is 0 Å². The summed E-state index contributed by atoms with van der Waals surface area (Å²) in [5.74, 6) is 0.587. The lowest BCUT2D eigenvalue weighted by Gasteiger charge is -2.39. The first-order chi connectivity index (χ1) is 11.9. The zero-order valence-corrected chi connectivity index (χ0v) is 15.2. The van der Waals surface area contributed by atoms with E-state index in [1.807, 2.05) is 24.3 Å². The van der Waals surface area contributed by atoms with Gasteiger partial charge in [-0.05, 0) is 38.8 Å². The van der Waals surface area contributed by atoms with Crippen LogP contribution >= 0.6 is 0 Å². The van der Waals surface area contributed by atoms with Crippen LogP contribution in [0, 0.1) is 5.41 Å². The van der Waals surface area contributed by atoms with Gasteiger partial charge in [0, 0.05) is 32.2 Å². The van der Waals surface area contributed by atoms with Crippen molar-refractivity contribution < 1.29 is 14.3 Å². The van der Waals surface area contributed by atoms with E-state index in [1.165, 1.54) is 0 Å². The minimum absolute atomic E-state index is 0.0923. The number of carbonyl (C=O) groups is 2. The number of anilines is 1. The van der Waals surface area contributed by atoms with E-state index in [-0.39, 0.29) is 17.9 Å². The van der Waals surface area contributed by atoms with Gasteiger partial charge in [0.1, 0.15) is 11.2 Å². The van der Waals surface area contributed by atoms with Crippen LogP contribution in [-0.2, 0) is 9.59 Å². The fraction of sp³-hybridized carbons (Fsp3) is 0.579. The number of ether oxygens (including phenoxy) is 1. The normalized spacial score (nSPS) is 18.0. The molecule has 1 aromatic rings. The molecule has 136 valence electrons. The van der Waals surface area contributed by atoms with Gasteiger partial charge in [-0.15, -0.1) is 0 Å². The molecule has 1 aliphatic carbocycles. The molecule has 1 saturated heterocycles. The SMILES string of the molecule is COc1ccccc1N1CCN(C(=O)C(C)(C)C(=O)NC2CC2)CC1. The van der Waals surface area contributed by atoms with Crippen molar-refractivity contribution >= 4 is 17.5 Å². The van der Waals surface area contributed by atoms with Gasteiger partial charge in [-0.25, -0.2) is 0 Å². The fourth-order valence-corrected chi connectivity index (χ4v) is 3.13. The molecule has 25 heavy (non-hydrogen) atoms. The first-order valence-corrected chi connectivity index (χ1v) is 8.92. The molecule has 0 atom stereocenters. The van der Waals surface area contributed by atoms with Gasteiger partial charge in [0.15, 0.2) is 0 Å². The lowest BCUT2D eigenvalue weighted by molar-refractivity contribution is -0.148. The quantitative estimate of drug-likeness (QED) is 0.825. The molecule has 0 unspecified atom stereocenters. The van der Waals surface area contributed by atoms with E-state index < -0.39 is 5.41 Å². The molecule has 3 rings (SSSR count). The highest BCUT2D eigenvalue weighted by atomic mass is 16.5. The molecule has 1 saturated carbocycles. The number of para-hydroxylation sites is 2. The number of hydrogen-bond donors (Lipinski definition) is 1. The number of piperazine rings is 1. The average Bonchev–Trinajstić information content (AvgIpc) is 3.45. The number of hydrogen-bond acceptors (Lipinski definition) is 4. The Bertz CT molecular complexity index is 647. The van der Waals surface area contributed by atoms with Gasteiger partial charge in [0.25, 0.3) is 0 Å². The third-order valence-corrected chi connectivity index (χ3v) is 5.01. The van der Waals surface area contributed by atoms with E-state index in [4.69, 9.17) is 4.74 Å². The van der Waals surface area contributed by atoms with Crippen molar-refractivity contribution in [2.75, 3.05) is 38.2 Å². The largest absolute Gasteiger partial charge is 0.495 e. The zero-order chi connectivity index (χ0) is 18.0. The molecule has 1 aromatic carbocycles. The standard InChI is InChI=1S/C19H27N3O3/c1-19(2,17(23)20-14-8-9-14)18(24)22-12-10-21(11-13-22)15-6-4-5-7-16(15)25-3/h4-7,14H,8-13H2,1-3H3,(H,20,23).